The monoisotopic (exact) mass is 317 g/mol. The number of methoxy groups -OCH3 is 1. The molecule has 0 spiro atoms. The first kappa shape index (κ1) is 16.6. The quantitative estimate of drug-likeness (QED) is 0.929. The molecule has 1 saturated heterocycles. The van der Waals surface area contributed by atoms with E-state index in [2.05, 4.69) is 5.32 Å². The average molecular weight is 317 g/mol. The number of carbonyl (C=O) groups excluding carboxylic acids is 1. The normalized spacial score (nSPS) is 23.1. The molecule has 0 saturated carbocycles. The molecule has 2 rings (SSSR count). The summed E-state index contributed by atoms with van der Waals surface area (Å²) in [5.74, 6) is -0.736. The molecule has 3 atom stereocenters. The molecule has 122 valence electrons. The second kappa shape index (κ2) is 6.56. The van der Waals surface area contributed by atoms with Gasteiger partial charge in [0.1, 0.15) is 5.75 Å². The predicted octanol–water partition coefficient (Wildman–Crippen LogP) is 2.84. The Morgan fingerprint density at radius 1 is 1.36 bits per heavy atom. The number of hydrogen-bond acceptors (Lipinski definition) is 3. The Kier molecular flexibility index (Phi) is 4.95. The Labute approximate surface area is 126 Å². The summed E-state index contributed by atoms with van der Waals surface area (Å²) in [7, 11) is 1.43. The van der Waals surface area contributed by atoms with Gasteiger partial charge in [-0.05, 0) is 31.0 Å². The van der Waals surface area contributed by atoms with E-state index in [9.17, 15) is 18.0 Å². The highest BCUT2D eigenvalue weighted by molar-refractivity contribution is 5.80. The molecule has 22 heavy (non-hydrogen) atoms. The first-order valence-electron chi connectivity index (χ1n) is 6.95. The van der Waals surface area contributed by atoms with Gasteiger partial charge in [-0.3, -0.25) is 4.79 Å². The van der Waals surface area contributed by atoms with E-state index in [0.29, 0.717) is 18.8 Å². The van der Waals surface area contributed by atoms with Crippen molar-refractivity contribution in [1.82, 2.24) is 5.32 Å². The van der Waals surface area contributed by atoms with Gasteiger partial charge in [-0.25, -0.2) is 0 Å². The van der Waals surface area contributed by atoms with Gasteiger partial charge in [0.2, 0.25) is 5.91 Å². The zero-order valence-corrected chi connectivity index (χ0v) is 12.3. The van der Waals surface area contributed by atoms with E-state index in [1.54, 1.807) is 6.92 Å². The number of halogens is 3. The number of ether oxygens (including phenoxy) is 2. The number of nitrogens with one attached hydrogen (secondary N) is 1. The molecule has 1 amide bonds. The summed E-state index contributed by atoms with van der Waals surface area (Å²) < 4.78 is 49.9. The Morgan fingerprint density at radius 2 is 2.00 bits per heavy atom. The van der Waals surface area contributed by atoms with Crippen LogP contribution in [0.2, 0.25) is 0 Å². The van der Waals surface area contributed by atoms with Crippen molar-refractivity contribution in [2.24, 2.45) is 5.92 Å². The van der Waals surface area contributed by atoms with Crippen molar-refractivity contribution in [3.63, 3.8) is 0 Å². The minimum Gasteiger partial charge on any atom is -0.497 e. The number of amides is 1. The van der Waals surface area contributed by atoms with Crippen LogP contribution in [0.1, 0.15) is 24.9 Å². The molecule has 0 unspecified atom stereocenters. The third-order valence-electron chi connectivity index (χ3n) is 3.78. The number of carbonyl (C=O) groups is 1. The Hall–Kier alpha value is -1.76. The summed E-state index contributed by atoms with van der Waals surface area (Å²) in [6.07, 6.45) is -4.52. The van der Waals surface area contributed by atoms with Crippen molar-refractivity contribution < 1.29 is 27.4 Å². The SMILES string of the molecule is COc1ccc([C@H](NC(=O)[C@H]2CCO[C@@H]2C)C(F)(F)F)cc1. The maximum atomic E-state index is 13.3. The third-order valence-corrected chi connectivity index (χ3v) is 3.78. The standard InChI is InChI=1S/C15H18F3NO3/c1-9-12(7-8-22-9)14(20)19-13(15(16,17)18)10-3-5-11(21-2)6-4-10/h3-6,9,12-13H,7-8H2,1-2H3,(H,19,20)/t9-,12+,13+/m1/s1. The molecule has 4 nitrogen and oxygen atoms in total. The summed E-state index contributed by atoms with van der Waals surface area (Å²) in [4.78, 5) is 12.1. The lowest BCUT2D eigenvalue weighted by Gasteiger charge is -2.24. The number of hydrogen-bond donors (Lipinski definition) is 1. The molecular weight excluding hydrogens is 299 g/mol. The van der Waals surface area contributed by atoms with E-state index in [4.69, 9.17) is 9.47 Å². The van der Waals surface area contributed by atoms with Crippen LogP contribution in [0.25, 0.3) is 0 Å². The van der Waals surface area contributed by atoms with Crippen LogP contribution in [0.15, 0.2) is 24.3 Å². The molecule has 7 heteroatoms. The predicted molar refractivity (Wildman–Crippen MR) is 73.5 cm³/mol. The summed E-state index contributed by atoms with van der Waals surface area (Å²) in [5.41, 5.74) is -0.0341. The summed E-state index contributed by atoms with van der Waals surface area (Å²) >= 11 is 0. The lowest BCUT2D eigenvalue weighted by Crippen LogP contribution is -2.42. The second-order valence-corrected chi connectivity index (χ2v) is 5.23. The van der Waals surface area contributed by atoms with Gasteiger partial charge in [0.15, 0.2) is 6.04 Å². The maximum Gasteiger partial charge on any atom is 0.412 e. The average Bonchev–Trinajstić information content (AvgIpc) is 2.90. The van der Waals surface area contributed by atoms with Crippen molar-refractivity contribution in [2.75, 3.05) is 13.7 Å². The zero-order chi connectivity index (χ0) is 16.3. The van der Waals surface area contributed by atoms with E-state index >= 15 is 0 Å². The summed E-state index contributed by atoms with van der Waals surface area (Å²) in [5, 5.41) is 2.10. The van der Waals surface area contributed by atoms with Crippen LogP contribution < -0.4 is 10.1 Å². The molecule has 1 N–H and O–H groups in total. The Morgan fingerprint density at radius 3 is 2.45 bits per heavy atom. The van der Waals surface area contributed by atoms with Crippen LogP contribution in [0.4, 0.5) is 13.2 Å². The highest BCUT2D eigenvalue weighted by Gasteiger charge is 2.43. The molecule has 0 radical (unpaired) electrons. The fourth-order valence-corrected chi connectivity index (χ4v) is 2.48. The second-order valence-electron chi connectivity index (χ2n) is 5.23. The van der Waals surface area contributed by atoms with Gasteiger partial charge in [0, 0.05) is 6.61 Å². The van der Waals surface area contributed by atoms with E-state index in [0.717, 1.165) is 0 Å². The first-order chi connectivity index (χ1) is 10.3. The van der Waals surface area contributed by atoms with Crippen molar-refractivity contribution in [2.45, 2.75) is 31.7 Å². The van der Waals surface area contributed by atoms with Gasteiger partial charge >= 0.3 is 6.18 Å². The lowest BCUT2D eigenvalue weighted by molar-refractivity contribution is -0.165. The van der Waals surface area contributed by atoms with Crippen molar-refractivity contribution in [3.8, 4) is 5.75 Å². The topological polar surface area (TPSA) is 47.6 Å². The molecule has 1 aromatic rings. The van der Waals surface area contributed by atoms with Crippen molar-refractivity contribution >= 4 is 5.91 Å². The lowest BCUT2D eigenvalue weighted by atomic mass is 9.99. The number of alkyl halides is 3. The fraction of sp³-hybridized carbons (Fsp3) is 0.533. The molecule has 1 fully saturated rings. The van der Waals surface area contributed by atoms with Crippen LogP contribution in [0.5, 0.6) is 5.75 Å². The molecule has 0 bridgehead atoms. The molecule has 0 aliphatic carbocycles. The van der Waals surface area contributed by atoms with Crippen LogP contribution in [0, 0.1) is 5.92 Å². The number of benzene rings is 1. The van der Waals surface area contributed by atoms with Gasteiger partial charge in [-0.1, -0.05) is 12.1 Å². The van der Waals surface area contributed by atoms with Gasteiger partial charge in [0.25, 0.3) is 0 Å². The number of rotatable bonds is 4. The van der Waals surface area contributed by atoms with E-state index < -0.39 is 24.0 Å². The molecular formula is C15H18F3NO3. The minimum absolute atomic E-state index is 0.0341. The largest absolute Gasteiger partial charge is 0.497 e. The van der Waals surface area contributed by atoms with Crippen LogP contribution in [-0.4, -0.2) is 31.9 Å². The summed E-state index contributed by atoms with van der Waals surface area (Å²) in [6, 6.07) is 3.42. The van der Waals surface area contributed by atoms with Gasteiger partial charge < -0.3 is 14.8 Å². The van der Waals surface area contributed by atoms with Crippen LogP contribution in [0.3, 0.4) is 0 Å². The molecule has 1 aromatic carbocycles. The van der Waals surface area contributed by atoms with Crippen LogP contribution in [-0.2, 0) is 9.53 Å². The van der Waals surface area contributed by atoms with E-state index in [-0.39, 0.29) is 11.7 Å². The third kappa shape index (κ3) is 3.71. The molecule has 1 aliphatic rings. The Balaban J connectivity index is 2.17. The van der Waals surface area contributed by atoms with Crippen molar-refractivity contribution in [1.29, 1.82) is 0 Å². The Bertz CT molecular complexity index is 516. The first-order valence-corrected chi connectivity index (χ1v) is 6.95. The van der Waals surface area contributed by atoms with Crippen LogP contribution >= 0.6 is 0 Å². The van der Waals surface area contributed by atoms with Gasteiger partial charge in [-0.2, -0.15) is 13.2 Å². The minimum atomic E-state index is -4.58. The molecule has 1 heterocycles. The highest BCUT2D eigenvalue weighted by atomic mass is 19.4. The van der Waals surface area contributed by atoms with E-state index in [1.165, 1.54) is 31.4 Å². The van der Waals surface area contributed by atoms with E-state index in [1.807, 2.05) is 0 Å². The smallest absolute Gasteiger partial charge is 0.412 e. The van der Waals surface area contributed by atoms with Crippen molar-refractivity contribution in [3.05, 3.63) is 29.8 Å². The fourth-order valence-electron chi connectivity index (χ4n) is 2.48. The maximum absolute atomic E-state index is 13.3. The summed E-state index contributed by atoms with van der Waals surface area (Å²) in [6.45, 7) is 2.08. The van der Waals surface area contributed by atoms with Gasteiger partial charge in [0.05, 0.1) is 19.1 Å². The zero-order valence-electron chi connectivity index (χ0n) is 12.3. The molecule has 1 aliphatic heterocycles. The molecule has 0 aromatic heterocycles. The highest BCUT2D eigenvalue weighted by Crippen LogP contribution is 2.34. The van der Waals surface area contributed by atoms with Gasteiger partial charge in [-0.15, -0.1) is 0 Å².